The predicted octanol–water partition coefficient (Wildman–Crippen LogP) is 3.88. The zero-order valence-corrected chi connectivity index (χ0v) is 12.4. The van der Waals surface area contributed by atoms with Crippen molar-refractivity contribution in [3.05, 3.63) is 39.9 Å². The van der Waals surface area contributed by atoms with Crippen LogP contribution >= 0.6 is 23.2 Å². The SMILES string of the molecule is CCCn1c(C)nnc1COc1cccc(Cl)c1Cl. The summed E-state index contributed by atoms with van der Waals surface area (Å²) in [5.74, 6) is 2.23. The van der Waals surface area contributed by atoms with E-state index in [0.717, 1.165) is 24.6 Å². The topological polar surface area (TPSA) is 39.9 Å². The van der Waals surface area contributed by atoms with E-state index in [1.54, 1.807) is 18.2 Å². The van der Waals surface area contributed by atoms with Gasteiger partial charge in [-0.3, -0.25) is 0 Å². The maximum absolute atomic E-state index is 6.07. The van der Waals surface area contributed by atoms with Crippen LogP contribution in [0.15, 0.2) is 18.2 Å². The average molecular weight is 300 g/mol. The van der Waals surface area contributed by atoms with Gasteiger partial charge in [-0.1, -0.05) is 36.2 Å². The highest BCUT2D eigenvalue weighted by molar-refractivity contribution is 6.42. The second-order valence-electron chi connectivity index (χ2n) is 4.16. The second-order valence-corrected chi connectivity index (χ2v) is 4.94. The summed E-state index contributed by atoms with van der Waals surface area (Å²) in [5.41, 5.74) is 0. The molecule has 0 unspecified atom stereocenters. The molecule has 1 aromatic carbocycles. The highest BCUT2D eigenvalue weighted by Crippen LogP contribution is 2.31. The summed E-state index contributed by atoms with van der Waals surface area (Å²) in [5, 5.41) is 9.07. The first-order chi connectivity index (χ1) is 9.13. The smallest absolute Gasteiger partial charge is 0.171 e. The molecular formula is C13H15Cl2N3O. The third-order valence-corrected chi connectivity index (χ3v) is 3.53. The first-order valence-corrected chi connectivity index (χ1v) is 6.84. The van der Waals surface area contributed by atoms with Gasteiger partial charge in [0.1, 0.15) is 23.2 Å². The Bertz CT molecular complexity index is 569. The Kier molecular flexibility index (Phi) is 4.66. The van der Waals surface area contributed by atoms with Gasteiger partial charge >= 0.3 is 0 Å². The molecular weight excluding hydrogens is 285 g/mol. The molecule has 0 amide bonds. The van der Waals surface area contributed by atoms with Crippen molar-refractivity contribution in [1.29, 1.82) is 0 Å². The largest absolute Gasteiger partial charge is 0.484 e. The summed E-state index contributed by atoms with van der Waals surface area (Å²) in [4.78, 5) is 0. The zero-order chi connectivity index (χ0) is 13.8. The predicted molar refractivity (Wildman–Crippen MR) is 75.8 cm³/mol. The first kappa shape index (κ1) is 14.2. The van der Waals surface area contributed by atoms with Crippen LogP contribution in [0.3, 0.4) is 0 Å². The van der Waals surface area contributed by atoms with Crippen molar-refractivity contribution in [2.24, 2.45) is 0 Å². The van der Waals surface area contributed by atoms with Crippen molar-refractivity contribution in [3.63, 3.8) is 0 Å². The lowest BCUT2D eigenvalue weighted by Gasteiger charge is -2.10. The molecule has 19 heavy (non-hydrogen) atoms. The van der Waals surface area contributed by atoms with E-state index in [1.165, 1.54) is 0 Å². The van der Waals surface area contributed by atoms with Gasteiger partial charge in [0.2, 0.25) is 0 Å². The van der Waals surface area contributed by atoms with Crippen LogP contribution in [0.4, 0.5) is 0 Å². The van der Waals surface area contributed by atoms with Gasteiger partial charge in [0.05, 0.1) is 5.02 Å². The van der Waals surface area contributed by atoms with Crippen LogP contribution in [0.5, 0.6) is 5.75 Å². The fraction of sp³-hybridized carbons (Fsp3) is 0.385. The Morgan fingerprint density at radius 3 is 2.79 bits per heavy atom. The number of nitrogens with zero attached hydrogens (tertiary/aromatic N) is 3. The maximum atomic E-state index is 6.07. The number of hydrogen-bond donors (Lipinski definition) is 0. The third-order valence-electron chi connectivity index (χ3n) is 2.73. The van der Waals surface area contributed by atoms with Gasteiger partial charge in [0.15, 0.2) is 5.82 Å². The first-order valence-electron chi connectivity index (χ1n) is 6.09. The van der Waals surface area contributed by atoms with Crippen LogP contribution in [0.2, 0.25) is 10.0 Å². The monoisotopic (exact) mass is 299 g/mol. The minimum Gasteiger partial charge on any atom is -0.484 e. The molecule has 1 heterocycles. The van der Waals surface area contributed by atoms with Gasteiger partial charge < -0.3 is 9.30 Å². The normalized spacial score (nSPS) is 10.7. The van der Waals surface area contributed by atoms with Gasteiger partial charge in [-0.25, -0.2) is 0 Å². The van der Waals surface area contributed by atoms with Gasteiger partial charge in [0.25, 0.3) is 0 Å². The molecule has 0 aliphatic carbocycles. The Morgan fingerprint density at radius 1 is 1.26 bits per heavy atom. The molecule has 102 valence electrons. The fourth-order valence-electron chi connectivity index (χ4n) is 1.78. The van der Waals surface area contributed by atoms with Crippen LogP contribution in [0.25, 0.3) is 0 Å². The maximum Gasteiger partial charge on any atom is 0.171 e. The highest BCUT2D eigenvalue weighted by Gasteiger charge is 2.10. The molecule has 0 bridgehead atoms. The van der Waals surface area contributed by atoms with Crippen LogP contribution in [0, 0.1) is 6.92 Å². The van der Waals surface area contributed by atoms with E-state index in [0.29, 0.717) is 22.4 Å². The molecule has 0 aliphatic rings. The van der Waals surface area contributed by atoms with Crippen LogP contribution in [-0.4, -0.2) is 14.8 Å². The molecule has 0 N–H and O–H groups in total. The Hall–Kier alpha value is -1.26. The molecule has 6 heteroatoms. The van der Waals surface area contributed by atoms with Crippen molar-refractivity contribution in [2.75, 3.05) is 0 Å². The molecule has 0 fully saturated rings. The number of aromatic nitrogens is 3. The Balaban J connectivity index is 2.12. The molecule has 2 rings (SSSR count). The van der Waals surface area contributed by atoms with Gasteiger partial charge in [-0.15, -0.1) is 10.2 Å². The zero-order valence-electron chi connectivity index (χ0n) is 10.9. The third kappa shape index (κ3) is 3.19. The molecule has 2 aromatic rings. The quantitative estimate of drug-likeness (QED) is 0.841. The number of ether oxygens (including phenoxy) is 1. The van der Waals surface area contributed by atoms with Gasteiger partial charge in [-0.2, -0.15) is 0 Å². The lowest BCUT2D eigenvalue weighted by atomic mass is 10.3. The van der Waals surface area contributed by atoms with Crippen LogP contribution < -0.4 is 4.74 Å². The number of rotatable bonds is 5. The van der Waals surface area contributed by atoms with E-state index in [9.17, 15) is 0 Å². The van der Waals surface area contributed by atoms with E-state index in [-0.39, 0.29) is 0 Å². The van der Waals surface area contributed by atoms with E-state index in [1.807, 2.05) is 11.5 Å². The standard InChI is InChI=1S/C13H15Cl2N3O/c1-3-7-18-9(2)16-17-12(18)8-19-11-6-4-5-10(14)13(11)15/h4-6H,3,7-8H2,1-2H3. The molecule has 1 aromatic heterocycles. The summed E-state index contributed by atoms with van der Waals surface area (Å²) in [6.07, 6.45) is 1.02. The Morgan fingerprint density at radius 2 is 2.05 bits per heavy atom. The molecule has 0 radical (unpaired) electrons. The summed E-state index contributed by atoms with van der Waals surface area (Å²) < 4.78 is 7.70. The number of halogens is 2. The summed E-state index contributed by atoms with van der Waals surface area (Å²) in [6.45, 7) is 5.23. The van der Waals surface area contributed by atoms with E-state index < -0.39 is 0 Å². The Labute approximate surface area is 122 Å². The van der Waals surface area contributed by atoms with Crippen molar-refractivity contribution < 1.29 is 4.74 Å². The number of hydrogen-bond acceptors (Lipinski definition) is 3. The van der Waals surface area contributed by atoms with E-state index in [4.69, 9.17) is 27.9 Å². The molecule has 0 atom stereocenters. The molecule has 0 saturated heterocycles. The van der Waals surface area contributed by atoms with Crippen LogP contribution in [-0.2, 0) is 13.2 Å². The highest BCUT2D eigenvalue weighted by atomic mass is 35.5. The summed E-state index contributed by atoms with van der Waals surface area (Å²) in [7, 11) is 0. The lowest BCUT2D eigenvalue weighted by molar-refractivity contribution is 0.288. The molecule has 0 spiro atoms. The molecule has 0 aliphatic heterocycles. The average Bonchev–Trinajstić information content (AvgIpc) is 2.74. The van der Waals surface area contributed by atoms with Crippen LogP contribution in [0.1, 0.15) is 25.0 Å². The van der Waals surface area contributed by atoms with Crippen molar-refractivity contribution in [1.82, 2.24) is 14.8 Å². The minimum atomic E-state index is 0.320. The minimum absolute atomic E-state index is 0.320. The van der Waals surface area contributed by atoms with Crippen molar-refractivity contribution in [2.45, 2.75) is 33.4 Å². The van der Waals surface area contributed by atoms with Crippen molar-refractivity contribution in [3.8, 4) is 5.75 Å². The number of aryl methyl sites for hydroxylation is 1. The number of benzene rings is 1. The second kappa shape index (κ2) is 6.26. The molecule has 4 nitrogen and oxygen atoms in total. The van der Waals surface area contributed by atoms with Crippen molar-refractivity contribution >= 4 is 23.2 Å². The summed E-state index contributed by atoms with van der Waals surface area (Å²) >= 11 is 12.0. The summed E-state index contributed by atoms with van der Waals surface area (Å²) in [6, 6.07) is 5.30. The lowest BCUT2D eigenvalue weighted by Crippen LogP contribution is -2.08. The molecule has 0 saturated carbocycles. The van der Waals surface area contributed by atoms with Gasteiger partial charge in [0, 0.05) is 6.54 Å². The fourth-order valence-corrected chi connectivity index (χ4v) is 2.13. The van der Waals surface area contributed by atoms with E-state index in [2.05, 4.69) is 17.1 Å². The van der Waals surface area contributed by atoms with Gasteiger partial charge in [-0.05, 0) is 25.5 Å². The van der Waals surface area contributed by atoms with E-state index >= 15 is 0 Å².